The molecule has 176 valence electrons. The van der Waals surface area contributed by atoms with Gasteiger partial charge in [-0.2, -0.15) is 0 Å². The molecule has 32 heavy (non-hydrogen) atoms. The van der Waals surface area contributed by atoms with E-state index in [1.54, 1.807) is 7.11 Å². The highest BCUT2D eigenvalue weighted by atomic mass is 16.5. The van der Waals surface area contributed by atoms with Crippen molar-refractivity contribution in [3.05, 3.63) is 28.8 Å². The summed E-state index contributed by atoms with van der Waals surface area (Å²) in [6.45, 7) is 5.06. The van der Waals surface area contributed by atoms with E-state index in [1.807, 2.05) is 13.0 Å². The van der Waals surface area contributed by atoms with Gasteiger partial charge in [0, 0.05) is 25.4 Å². The fourth-order valence-electron chi connectivity index (χ4n) is 7.13. The number of Topliss-reactive ketones (excluding diaryl/α,β-unsaturated/α-hetero) is 1. The first kappa shape index (κ1) is 23.3. The Bertz CT molecular complexity index is 862. The van der Waals surface area contributed by atoms with Crippen LogP contribution >= 0.6 is 0 Å². The number of methoxy groups -OCH3 is 1. The van der Waals surface area contributed by atoms with E-state index in [0.717, 1.165) is 44.1 Å². The molecule has 2 saturated carbocycles. The molecule has 0 saturated heterocycles. The molecule has 0 aromatic heterocycles. The smallest absolute Gasteiger partial charge is 0.305 e. The first-order valence-corrected chi connectivity index (χ1v) is 12.4. The van der Waals surface area contributed by atoms with Crippen LogP contribution in [0.3, 0.4) is 0 Å². The molecule has 3 aliphatic rings. The summed E-state index contributed by atoms with van der Waals surface area (Å²) in [5.41, 5.74) is 3.41. The normalized spacial score (nSPS) is 31.0. The molecule has 0 radical (unpaired) electrons. The summed E-state index contributed by atoms with van der Waals surface area (Å²) in [4.78, 5) is 24.9. The Kier molecular flexibility index (Phi) is 6.94. The minimum Gasteiger partial charge on any atom is -0.508 e. The first-order valence-electron chi connectivity index (χ1n) is 12.4. The van der Waals surface area contributed by atoms with Crippen LogP contribution in [0.4, 0.5) is 0 Å². The molecule has 0 bridgehead atoms. The Hall–Kier alpha value is -1.88. The van der Waals surface area contributed by atoms with E-state index in [2.05, 4.69) is 13.0 Å². The lowest BCUT2D eigenvalue weighted by Crippen LogP contribution is -2.44. The number of aromatic hydroxyl groups is 1. The summed E-state index contributed by atoms with van der Waals surface area (Å²) < 4.78 is 10.3. The highest BCUT2D eigenvalue weighted by molar-refractivity contribution is 5.87. The maximum absolute atomic E-state index is 13.1. The fourth-order valence-corrected chi connectivity index (χ4v) is 7.13. The van der Waals surface area contributed by atoms with Crippen molar-refractivity contribution in [1.82, 2.24) is 0 Å². The number of carbonyl (C=O) groups is 2. The molecule has 0 heterocycles. The van der Waals surface area contributed by atoms with Crippen LogP contribution < -0.4 is 0 Å². The zero-order valence-corrected chi connectivity index (χ0v) is 19.8. The SMILES string of the molecule is CCOC(=O)CCC[C@@H]1CC(=O)[C@@]2(C)CCC3c4cc(CCOC)c(O)cc4CCC3C12. The molecule has 1 aromatic rings. The molecule has 5 heteroatoms. The van der Waals surface area contributed by atoms with E-state index < -0.39 is 0 Å². The van der Waals surface area contributed by atoms with Crippen molar-refractivity contribution in [3.63, 3.8) is 0 Å². The van der Waals surface area contributed by atoms with E-state index in [-0.39, 0.29) is 11.4 Å². The lowest BCUT2D eigenvalue weighted by atomic mass is 9.54. The van der Waals surface area contributed by atoms with Gasteiger partial charge >= 0.3 is 5.97 Å². The van der Waals surface area contributed by atoms with Crippen LogP contribution in [0, 0.1) is 23.2 Å². The van der Waals surface area contributed by atoms with Gasteiger partial charge in [0.2, 0.25) is 0 Å². The molecule has 3 aliphatic carbocycles. The van der Waals surface area contributed by atoms with Crippen molar-refractivity contribution in [2.24, 2.45) is 23.2 Å². The number of ketones is 1. The lowest BCUT2D eigenvalue weighted by molar-refractivity contribution is -0.143. The Balaban J connectivity index is 1.56. The Labute approximate surface area is 191 Å². The first-order chi connectivity index (χ1) is 15.4. The van der Waals surface area contributed by atoms with E-state index in [4.69, 9.17) is 9.47 Å². The zero-order chi connectivity index (χ0) is 22.9. The number of phenols is 1. The molecule has 4 rings (SSSR count). The number of phenolic OH excluding ortho intramolecular Hbond substituents is 1. The largest absolute Gasteiger partial charge is 0.508 e. The maximum atomic E-state index is 13.1. The van der Waals surface area contributed by atoms with Crippen molar-refractivity contribution in [2.45, 2.75) is 77.6 Å². The van der Waals surface area contributed by atoms with Gasteiger partial charge < -0.3 is 14.6 Å². The number of ether oxygens (including phenoxy) is 2. The third-order valence-electron chi connectivity index (χ3n) is 8.60. The number of rotatable bonds is 8. The standard InChI is InChI=1S/C27H38O5/c1-4-32-25(30)7-5-6-19-16-24(29)27(2)12-10-20-21(26(19)27)9-8-17-15-23(28)18(11-13-31-3)14-22(17)20/h14-15,19-21,26,28H,4-13,16H2,1-3H3/t19-,20?,21?,26?,27-/m1/s1. The quantitative estimate of drug-likeness (QED) is 0.576. The molecular formula is C27H38O5. The molecule has 2 fully saturated rings. The number of benzene rings is 1. The minimum absolute atomic E-state index is 0.129. The predicted octanol–water partition coefficient (Wildman–Crippen LogP) is 4.97. The minimum atomic E-state index is -0.219. The van der Waals surface area contributed by atoms with E-state index in [0.29, 0.717) is 67.7 Å². The average molecular weight is 443 g/mol. The van der Waals surface area contributed by atoms with Gasteiger partial charge in [-0.15, -0.1) is 0 Å². The van der Waals surface area contributed by atoms with Crippen molar-refractivity contribution < 1.29 is 24.2 Å². The van der Waals surface area contributed by atoms with Gasteiger partial charge in [-0.05, 0) is 98.3 Å². The topological polar surface area (TPSA) is 72.8 Å². The molecule has 0 amide bonds. The second-order valence-electron chi connectivity index (χ2n) is 10.3. The van der Waals surface area contributed by atoms with Gasteiger partial charge in [0.1, 0.15) is 11.5 Å². The molecule has 1 N–H and O–H groups in total. The summed E-state index contributed by atoms with van der Waals surface area (Å²) >= 11 is 0. The summed E-state index contributed by atoms with van der Waals surface area (Å²) in [6.07, 6.45) is 7.57. The third kappa shape index (κ3) is 4.21. The molecule has 5 atom stereocenters. The lowest BCUT2D eigenvalue weighted by Gasteiger charge is -2.50. The van der Waals surface area contributed by atoms with Crippen molar-refractivity contribution in [1.29, 1.82) is 0 Å². The summed E-state index contributed by atoms with van der Waals surface area (Å²) in [5.74, 6) is 2.39. The van der Waals surface area contributed by atoms with E-state index in [9.17, 15) is 14.7 Å². The predicted molar refractivity (Wildman–Crippen MR) is 123 cm³/mol. The average Bonchev–Trinajstić information content (AvgIpc) is 3.02. The van der Waals surface area contributed by atoms with Crippen LogP contribution in [0.5, 0.6) is 5.75 Å². The number of hydrogen-bond donors (Lipinski definition) is 1. The molecule has 0 spiro atoms. The van der Waals surface area contributed by atoms with Gasteiger partial charge in [-0.3, -0.25) is 9.59 Å². The Morgan fingerprint density at radius 2 is 2.09 bits per heavy atom. The number of esters is 1. The molecule has 1 aromatic carbocycles. The van der Waals surface area contributed by atoms with Crippen LogP contribution in [-0.2, 0) is 31.9 Å². The van der Waals surface area contributed by atoms with Gasteiger partial charge in [0.05, 0.1) is 13.2 Å². The number of hydrogen-bond acceptors (Lipinski definition) is 5. The highest BCUT2D eigenvalue weighted by Crippen LogP contribution is 2.62. The van der Waals surface area contributed by atoms with Gasteiger partial charge in [0.15, 0.2) is 0 Å². The van der Waals surface area contributed by atoms with Crippen molar-refractivity contribution >= 4 is 11.8 Å². The zero-order valence-electron chi connectivity index (χ0n) is 19.8. The third-order valence-corrected chi connectivity index (χ3v) is 8.60. The molecule has 3 unspecified atom stereocenters. The van der Waals surface area contributed by atoms with Crippen LogP contribution in [0.2, 0.25) is 0 Å². The monoisotopic (exact) mass is 442 g/mol. The molecule has 0 aliphatic heterocycles. The van der Waals surface area contributed by atoms with Crippen molar-refractivity contribution in [3.8, 4) is 5.75 Å². The number of carbonyl (C=O) groups excluding carboxylic acids is 2. The highest BCUT2D eigenvalue weighted by Gasteiger charge is 2.58. The summed E-state index contributed by atoms with van der Waals surface area (Å²) in [6, 6.07) is 4.19. The van der Waals surface area contributed by atoms with Gasteiger partial charge in [-0.25, -0.2) is 0 Å². The van der Waals surface area contributed by atoms with Crippen LogP contribution in [0.1, 0.15) is 81.4 Å². The van der Waals surface area contributed by atoms with Crippen LogP contribution in [0.25, 0.3) is 0 Å². The fraction of sp³-hybridized carbons (Fsp3) is 0.704. The second kappa shape index (κ2) is 9.54. The van der Waals surface area contributed by atoms with E-state index >= 15 is 0 Å². The summed E-state index contributed by atoms with van der Waals surface area (Å²) in [5, 5.41) is 10.5. The molecule has 5 nitrogen and oxygen atoms in total. The molecular weight excluding hydrogens is 404 g/mol. The van der Waals surface area contributed by atoms with Gasteiger partial charge in [0.25, 0.3) is 0 Å². The summed E-state index contributed by atoms with van der Waals surface area (Å²) in [7, 11) is 1.69. The number of aryl methyl sites for hydroxylation is 1. The number of fused-ring (bicyclic) bond motifs is 5. The Morgan fingerprint density at radius 3 is 2.84 bits per heavy atom. The van der Waals surface area contributed by atoms with E-state index in [1.165, 1.54) is 11.1 Å². The van der Waals surface area contributed by atoms with Crippen LogP contribution in [0.15, 0.2) is 12.1 Å². The maximum Gasteiger partial charge on any atom is 0.305 e. The van der Waals surface area contributed by atoms with Crippen molar-refractivity contribution in [2.75, 3.05) is 20.3 Å². The van der Waals surface area contributed by atoms with Gasteiger partial charge in [-0.1, -0.05) is 13.0 Å². The second-order valence-corrected chi connectivity index (χ2v) is 10.3. The van der Waals surface area contributed by atoms with Crippen LogP contribution in [-0.4, -0.2) is 37.2 Å². The Morgan fingerprint density at radius 1 is 1.28 bits per heavy atom.